The number of aliphatic hydroxyl groups is 1. The molecule has 0 saturated carbocycles. The lowest BCUT2D eigenvalue weighted by atomic mass is 9.98. The van der Waals surface area contributed by atoms with Crippen molar-refractivity contribution in [1.29, 1.82) is 0 Å². The molecule has 0 aliphatic carbocycles. The van der Waals surface area contributed by atoms with E-state index in [4.69, 9.17) is 4.74 Å². The summed E-state index contributed by atoms with van der Waals surface area (Å²) in [6.45, 7) is 1.92. The number of imidazole rings is 1. The maximum absolute atomic E-state index is 14.5. The summed E-state index contributed by atoms with van der Waals surface area (Å²) < 4.78 is 21.6. The Bertz CT molecular complexity index is 1420. The molecule has 9 heteroatoms. The number of pyridine rings is 1. The van der Waals surface area contributed by atoms with Gasteiger partial charge in [0.2, 0.25) is 0 Å². The van der Waals surface area contributed by atoms with Gasteiger partial charge in [0.05, 0.1) is 17.9 Å². The molecule has 3 heterocycles. The number of aliphatic hydroxyl groups excluding tert-OH is 1. The fourth-order valence-electron chi connectivity index (χ4n) is 3.95. The Kier molecular flexibility index (Phi) is 5.46. The van der Waals surface area contributed by atoms with Gasteiger partial charge in [-0.1, -0.05) is 24.3 Å². The van der Waals surface area contributed by atoms with Crippen LogP contribution in [0.5, 0.6) is 5.75 Å². The second-order valence-electron chi connectivity index (χ2n) is 8.09. The summed E-state index contributed by atoms with van der Waals surface area (Å²) in [7, 11) is 0. The molecular formula is C25H21FN4O4. The lowest BCUT2D eigenvalue weighted by molar-refractivity contribution is 0.0502. The fourth-order valence-corrected chi connectivity index (χ4v) is 3.95. The SMILES string of the molecule is Cc1ccc2ncc(C(=O)Nc3cc(C(=O)N[C@H]4c5ccccc5OC[C@H]4O)ccc3F)n2c1. The Morgan fingerprint density at radius 3 is 2.82 bits per heavy atom. The number of fused-ring (bicyclic) bond motifs is 2. The van der Waals surface area contributed by atoms with Gasteiger partial charge < -0.3 is 20.5 Å². The van der Waals surface area contributed by atoms with Crippen LogP contribution in [-0.2, 0) is 0 Å². The van der Waals surface area contributed by atoms with Crippen molar-refractivity contribution in [2.75, 3.05) is 11.9 Å². The van der Waals surface area contributed by atoms with E-state index in [1.807, 2.05) is 13.0 Å². The van der Waals surface area contributed by atoms with E-state index in [1.54, 1.807) is 40.9 Å². The van der Waals surface area contributed by atoms with Gasteiger partial charge in [0.1, 0.15) is 35.6 Å². The van der Waals surface area contributed by atoms with Crippen LogP contribution in [-0.4, -0.2) is 39.0 Å². The number of hydrogen-bond donors (Lipinski definition) is 3. The molecule has 2 atom stereocenters. The maximum atomic E-state index is 14.5. The molecule has 2 amide bonds. The van der Waals surface area contributed by atoms with Gasteiger partial charge in [-0.3, -0.25) is 14.0 Å². The molecule has 172 valence electrons. The predicted octanol–water partition coefficient (Wildman–Crippen LogP) is 3.26. The second kappa shape index (κ2) is 8.60. The molecule has 34 heavy (non-hydrogen) atoms. The number of amides is 2. The number of aryl methyl sites for hydroxylation is 1. The van der Waals surface area contributed by atoms with Crippen LogP contribution in [0.3, 0.4) is 0 Å². The number of hydrogen-bond acceptors (Lipinski definition) is 5. The topological polar surface area (TPSA) is 105 Å². The van der Waals surface area contributed by atoms with Crippen molar-refractivity contribution in [1.82, 2.24) is 14.7 Å². The van der Waals surface area contributed by atoms with Crippen LogP contribution >= 0.6 is 0 Å². The van der Waals surface area contributed by atoms with Crippen LogP contribution in [0.25, 0.3) is 5.65 Å². The Hall–Kier alpha value is -4.24. The molecule has 0 radical (unpaired) electrons. The van der Waals surface area contributed by atoms with Gasteiger partial charge in [0.15, 0.2) is 0 Å². The molecule has 1 aliphatic rings. The highest BCUT2D eigenvalue weighted by Gasteiger charge is 2.31. The van der Waals surface area contributed by atoms with Crippen molar-refractivity contribution in [2.24, 2.45) is 0 Å². The molecule has 0 bridgehead atoms. The summed E-state index contributed by atoms with van der Waals surface area (Å²) in [4.78, 5) is 30.0. The van der Waals surface area contributed by atoms with Crippen molar-refractivity contribution in [3.05, 3.63) is 95.2 Å². The van der Waals surface area contributed by atoms with E-state index in [2.05, 4.69) is 15.6 Å². The largest absolute Gasteiger partial charge is 0.490 e. The van der Waals surface area contributed by atoms with Crippen LogP contribution in [0, 0.1) is 12.7 Å². The van der Waals surface area contributed by atoms with E-state index in [1.165, 1.54) is 18.3 Å². The molecule has 3 N–H and O–H groups in total. The minimum absolute atomic E-state index is 0.0332. The zero-order valence-corrected chi connectivity index (χ0v) is 18.2. The lowest BCUT2D eigenvalue weighted by Gasteiger charge is -2.31. The van der Waals surface area contributed by atoms with Crippen LogP contribution in [0.15, 0.2) is 67.0 Å². The van der Waals surface area contributed by atoms with Crippen molar-refractivity contribution in [2.45, 2.75) is 19.1 Å². The number of aromatic nitrogens is 2. The highest BCUT2D eigenvalue weighted by atomic mass is 19.1. The van der Waals surface area contributed by atoms with Gasteiger partial charge in [-0.2, -0.15) is 0 Å². The van der Waals surface area contributed by atoms with Gasteiger partial charge >= 0.3 is 0 Å². The Balaban J connectivity index is 1.38. The summed E-state index contributed by atoms with van der Waals surface area (Å²) in [6.07, 6.45) is 2.22. The second-order valence-corrected chi connectivity index (χ2v) is 8.09. The zero-order chi connectivity index (χ0) is 23.8. The first-order chi connectivity index (χ1) is 16.4. The first-order valence-corrected chi connectivity index (χ1v) is 10.7. The van der Waals surface area contributed by atoms with Crippen LogP contribution in [0.1, 0.15) is 38.0 Å². The van der Waals surface area contributed by atoms with Crippen molar-refractivity contribution in [3.63, 3.8) is 0 Å². The van der Waals surface area contributed by atoms with Crippen LogP contribution < -0.4 is 15.4 Å². The third-order valence-corrected chi connectivity index (χ3v) is 5.70. The monoisotopic (exact) mass is 460 g/mol. The molecule has 5 rings (SSSR count). The minimum atomic E-state index is -0.947. The number of ether oxygens (including phenoxy) is 1. The average molecular weight is 460 g/mol. The lowest BCUT2D eigenvalue weighted by Crippen LogP contribution is -2.42. The molecule has 2 aromatic carbocycles. The molecule has 0 spiro atoms. The summed E-state index contributed by atoms with van der Waals surface area (Å²) in [6, 6.07) is 13.7. The molecule has 2 aromatic heterocycles. The van der Waals surface area contributed by atoms with Crippen molar-refractivity contribution >= 4 is 23.1 Å². The highest BCUT2D eigenvalue weighted by molar-refractivity contribution is 6.04. The predicted molar refractivity (Wildman–Crippen MR) is 122 cm³/mol. The zero-order valence-electron chi connectivity index (χ0n) is 18.2. The number of carbonyl (C=O) groups excluding carboxylic acids is 2. The summed E-state index contributed by atoms with van der Waals surface area (Å²) in [5.41, 5.74) is 2.37. The molecular weight excluding hydrogens is 439 g/mol. The molecule has 8 nitrogen and oxygen atoms in total. The quantitative estimate of drug-likeness (QED) is 0.434. The van der Waals surface area contributed by atoms with Gasteiger partial charge in [-0.15, -0.1) is 0 Å². The van der Waals surface area contributed by atoms with E-state index in [0.29, 0.717) is 17.0 Å². The Labute approximate surface area is 194 Å². The minimum Gasteiger partial charge on any atom is -0.490 e. The first-order valence-electron chi connectivity index (χ1n) is 10.7. The standard InChI is InChI=1S/C25H21FN4O4/c1-14-6-9-22-27-11-19(30(22)12-14)25(33)28-18-10-15(7-8-17(18)26)24(32)29-23-16-4-2-3-5-21(16)34-13-20(23)31/h2-12,20,23,31H,13H2,1H3,(H,28,33)(H,29,32)/t20-,23+/m1/s1. The van der Waals surface area contributed by atoms with Crippen LogP contribution in [0.2, 0.25) is 0 Å². The number of benzene rings is 2. The van der Waals surface area contributed by atoms with E-state index in [-0.39, 0.29) is 23.6 Å². The number of nitrogens with zero attached hydrogens (tertiary/aromatic N) is 2. The van der Waals surface area contributed by atoms with E-state index in [9.17, 15) is 19.1 Å². The van der Waals surface area contributed by atoms with E-state index in [0.717, 1.165) is 11.6 Å². The normalized spacial score (nSPS) is 17.0. The number of rotatable bonds is 4. The molecule has 0 saturated heterocycles. The fraction of sp³-hybridized carbons (Fsp3) is 0.160. The maximum Gasteiger partial charge on any atom is 0.274 e. The van der Waals surface area contributed by atoms with E-state index < -0.39 is 29.8 Å². The van der Waals surface area contributed by atoms with Crippen LogP contribution in [0.4, 0.5) is 10.1 Å². The first kappa shape index (κ1) is 21.6. The Morgan fingerprint density at radius 1 is 1.15 bits per heavy atom. The molecule has 0 unspecified atom stereocenters. The number of para-hydroxylation sites is 1. The van der Waals surface area contributed by atoms with Gasteiger partial charge in [-0.25, -0.2) is 9.37 Å². The van der Waals surface area contributed by atoms with E-state index >= 15 is 0 Å². The Morgan fingerprint density at radius 2 is 1.97 bits per heavy atom. The smallest absolute Gasteiger partial charge is 0.274 e. The van der Waals surface area contributed by atoms with Gasteiger partial charge in [-0.05, 0) is 42.8 Å². The van der Waals surface area contributed by atoms with Gasteiger partial charge in [0.25, 0.3) is 11.8 Å². The summed E-state index contributed by atoms with van der Waals surface area (Å²) in [5.74, 6) is -1.20. The summed E-state index contributed by atoms with van der Waals surface area (Å²) in [5, 5.41) is 15.7. The molecule has 4 aromatic rings. The number of carbonyl (C=O) groups is 2. The number of anilines is 1. The van der Waals surface area contributed by atoms with Crippen molar-refractivity contribution < 1.29 is 23.8 Å². The number of halogens is 1. The third kappa shape index (κ3) is 3.97. The molecule has 1 aliphatic heterocycles. The van der Waals surface area contributed by atoms with Crippen molar-refractivity contribution in [3.8, 4) is 5.75 Å². The molecule has 0 fully saturated rings. The third-order valence-electron chi connectivity index (χ3n) is 5.70. The number of nitrogens with one attached hydrogen (secondary N) is 2. The average Bonchev–Trinajstić information content (AvgIpc) is 3.25. The van der Waals surface area contributed by atoms with Gasteiger partial charge in [0, 0.05) is 17.3 Å². The highest BCUT2D eigenvalue weighted by Crippen LogP contribution is 2.32. The summed E-state index contributed by atoms with van der Waals surface area (Å²) >= 11 is 0.